The highest BCUT2D eigenvalue weighted by Crippen LogP contribution is 2.65. The van der Waals surface area contributed by atoms with Crippen molar-refractivity contribution < 1.29 is 37.1 Å². The Bertz CT molecular complexity index is 1400. The lowest BCUT2D eigenvalue weighted by Crippen LogP contribution is -2.61. The van der Waals surface area contributed by atoms with E-state index in [1.807, 2.05) is 49.5 Å². The predicted octanol–water partition coefficient (Wildman–Crippen LogP) is 2.22. The van der Waals surface area contributed by atoms with E-state index >= 15 is 0 Å². The Morgan fingerprint density at radius 2 is 1.74 bits per heavy atom. The van der Waals surface area contributed by atoms with E-state index in [-0.39, 0.29) is 41.8 Å². The first-order chi connectivity index (χ1) is 19.8. The number of nitrogens with two attached hydrogens (primary N) is 1. The molecule has 43 heavy (non-hydrogen) atoms. The van der Waals surface area contributed by atoms with Crippen LogP contribution >= 0.6 is 0 Å². The number of amides is 4. The van der Waals surface area contributed by atoms with Crippen molar-refractivity contribution in [3.63, 3.8) is 0 Å². The van der Waals surface area contributed by atoms with E-state index in [2.05, 4.69) is 10.4 Å². The molecule has 0 spiro atoms. The normalized spacial score (nSPS) is 22.3. The van der Waals surface area contributed by atoms with E-state index in [4.69, 9.17) is 10.5 Å². The van der Waals surface area contributed by atoms with Crippen molar-refractivity contribution in [2.24, 2.45) is 35.4 Å². The van der Waals surface area contributed by atoms with Gasteiger partial charge in [-0.2, -0.15) is 13.2 Å². The van der Waals surface area contributed by atoms with Crippen molar-refractivity contribution in [2.75, 3.05) is 6.54 Å². The third-order valence-corrected chi connectivity index (χ3v) is 8.33. The van der Waals surface area contributed by atoms with Gasteiger partial charge in [0.25, 0.3) is 0 Å². The minimum absolute atomic E-state index is 0.0714. The summed E-state index contributed by atoms with van der Waals surface area (Å²) in [5.41, 5.74) is 5.30. The number of benzene rings is 1. The van der Waals surface area contributed by atoms with Crippen LogP contribution < -0.4 is 21.1 Å². The number of carbonyl (C=O) groups is 4. The Labute approximate surface area is 247 Å². The molecule has 2 fully saturated rings. The van der Waals surface area contributed by atoms with E-state index in [0.29, 0.717) is 0 Å². The summed E-state index contributed by atoms with van der Waals surface area (Å²) >= 11 is 0. The Morgan fingerprint density at radius 1 is 1.12 bits per heavy atom. The molecule has 11 nitrogen and oxygen atoms in total. The van der Waals surface area contributed by atoms with Crippen molar-refractivity contribution in [3.05, 3.63) is 47.7 Å². The zero-order chi connectivity index (χ0) is 32.1. The van der Waals surface area contributed by atoms with Crippen LogP contribution in [-0.4, -0.2) is 63.1 Å². The number of rotatable bonds is 9. The van der Waals surface area contributed by atoms with Gasteiger partial charge in [-0.3, -0.25) is 23.9 Å². The molecule has 1 saturated carbocycles. The van der Waals surface area contributed by atoms with Gasteiger partial charge in [-0.05, 0) is 28.2 Å². The highest BCUT2D eigenvalue weighted by atomic mass is 19.4. The first kappa shape index (κ1) is 31.8. The van der Waals surface area contributed by atoms with Crippen molar-refractivity contribution in [2.45, 2.75) is 65.5 Å². The maximum atomic E-state index is 13.9. The summed E-state index contributed by atoms with van der Waals surface area (Å²) in [5, 5.41) is 8.72. The van der Waals surface area contributed by atoms with Gasteiger partial charge in [-0.25, -0.2) is 0 Å². The number of aryl methyl sites for hydroxylation is 1. The number of halogens is 3. The lowest BCUT2D eigenvalue weighted by atomic mass is 9.85. The second-order valence-corrected chi connectivity index (χ2v) is 12.8. The summed E-state index contributed by atoms with van der Waals surface area (Å²) < 4.78 is 46.6. The summed E-state index contributed by atoms with van der Waals surface area (Å²) in [6, 6.07) is 5.15. The first-order valence-electron chi connectivity index (χ1n) is 13.8. The van der Waals surface area contributed by atoms with Crippen LogP contribution in [0, 0.1) is 22.7 Å². The van der Waals surface area contributed by atoms with Crippen molar-refractivity contribution >= 4 is 23.6 Å². The quantitative estimate of drug-likeness (QED) is 0.399. The van der Waals surface area contributed by atoms with Crippen molar-refractivity contribution in [3.8, 4) is 5.88 Å². The molecule has 4 rings (SSSR count). The summed E-state index contributed by atoms with van der Waals surface area (Å²) in [7, 11) is 1.61. The zero-order valence-electron chi connectivity index (χ0n) is 24.9. The van der Waals surface area contributed by atoms with Gasteiger partial charge < -0.3 is 26.0 Å². The number of hydrogen-bond donors (Lipinski definition) is 3. The van der Waals surface area contributed by atoms with Gasteiger partial charge in [0, 0.05) is 19.8 Å². The number of primary amides is 1. The molecule has 234 valence electrons. The number of nitrogens with one attached hydrogen (secondary N) is 2. The van der Waals surface area contributed by atoms with Crippen LogP contribution in [0.1, 0.15) is 51.8 Å². The molecule has 1 aliphatic heterocycles. The molecule has 2 heterocycles. The standard InChI is InChI=1S/C29H37F3N6O5/c1-27(2,3)21(35-26(42)29(30,31)32)25(41)38-13-17-18(28(17,4)5)20(38)23(40)34-19(22(33)39)16-12-37(6)36-24(16)43-14-15-10-8-7-9-11-15/h7-12,17-21H,13-14H2,1-6H3,(H2,33,39)(H,34,40)(H,35,42)/t17-,18-,19?,20-,21+/m0/s1. The Balaban J connectivity index is 1.60. The van der Waals surface area contributed by atoms with Crippen LogP contribution in [0.3, 0.4) is 0 Å². The molecule has 1 unspecified atom stereocenters. The molecule has 0 radical (unpaired) electrons. The number of nitrogens with zero attached hydrogens (tertiary/aromatic N) is 3. The van der Waals surface area contributed by atoms with Crippen LogP contribution in [-0.2, 0) is 32.8 Å². The lowest BCUT2D eigenvalue weighted by Gasteiger charge is -2.38. The van der Waals surface area contributed by atoms with E-state index in [1.54, 1.807) is 7.05 Å². The number of ether oxygens (including phenoxy) is 1. The molecule has 0 bridgehead atoms. The van der Waals surface area contributed by atoms with Crippen LogP contribution in [0.15, 0.2) is 36.5 Å². The molecular formula is C29H37F3N6O5. The second kappa shape index (κ2) is 11.2. The smallest absolute Gasteiger partial charge is 0.471 e. The van der Waals surface area contributed by atoms with E-state index in [0.717, 1.165) is 5.56 Å². The fraction of sp³-hybridized carbons (Fsp3) is 0.552. The molecule has 1 saturated heterocycles. The summed E-state index contributed by atoms with van der Waals surface area (Å²) in [5.74, 6) is -5.05. The van der Waals surface area contributed by atoms with Gasteiger partial charge in [0.1, 0.15) is 24.7 Å². The average Bonchev–Trinajstić information content (AvgIpc) is 3.22. The van der Waals surface area contributed by atoms with Gasteiger partial charge in [0.15, 0.2) is 0 Å². The Hall–Kier alpha value is -4.10. The number of piperidine rings is 1. The summed E-state index contributed by atoms with van der Waals surface area (Å²) in [6.45, 7) is 8.64. The topological polar surface area (TPSA) is 149 Å². The lowest BCUT2D eigenvalue weighted by molar-refractivity contribution is -0.176. The van der Waals surface area contributed by atoms with Gasteiger partial charge in [-0.15, -0.1) is 5.10 Å². The third kappa shape index (κ3) is 6.47. The predicted molar refractivity (Wildman–Crippen MR) is 148 cm³/mol. The molecule has 1 aliphatic carbocycles. The van der Waals surface area contributed by atoms with Crippen molar-refractivity contribution in [1.29, 1.82) is 0 Å². The maximum Gasteiger partial charge on any atom is 0.471 e. The monoisotopic (exact) mass is 606 g/mol. The van der Waals surface area contributed by atoms with Crippen LogP contribution in [0.4, 0.5) is 13.2 Å². The molecule has 4 N–H and O–H groups in total. The maximum absolute atomic E-state index is 13.9. The number of alkyl halides is 3. The summed E-state index contributed by atoms with van der Waals surface area (Å²) in [6.07, 6.45) is -3.71. The van der Waals surface area contributed by atoms with Crippen molar-refractivity contribution in [1.82, 2.24) is 25.3 Å². The van der Waals surface area contributed by atoms with E-state index in [1.165, 1.54) is 36.5 Å². The number of hydrogen-bond acceptors (Lipinski definition) is 6. The van der Waals surface area contributed by atoms with Gasteiger partial charge in [-0.1, -0.05) is 65.0 Å². The largest absolute Gasteiger partial charge is 0.471 e. The minimum Gasteiger partial charge on any atom is -0.471 e. The third-order valence-electron chi connectivity index (χ3n) is 8.33. The van der Waals surface area contributed by atoms with E-state index in [9.17, 15) is 32.3 Å². The van der Waals surface area contributed by atoms with Crippen LogP contribution in [0.25, 0.3) is 0 Å². The fourth-order valence-electron chi connectivity index (χ4n) is 5.89. The van der Waals surface area contributed by atoms with Gasteiger partial charge in [0.2, 0.25) is 23.6 Å². The molecule has 2 aromatic rings. The number of aromatic nitrogens is 2. The highest BCUT2D eigenvalue weighted by Gasteiger charge is 2.70. The molecule has 1 aromatic carbocycles. The van der Waals surface area contributed by atoms with Gasteiger partial charge in [0.05, 0.1) is 5.56 Å². The Morgan fingerprint density at radius 3 is 2.30 bits per heavy atom. The minimum atomic E-state index is -5.20. The van der Waals surface area contributed by atoms with Gasteiger partial charge >= 0.3 is 12.1 Å². The molecular weight excluding hydrogens is 569 g/mol. The molecule has 14 heteroatoms. The fourth-order valence-corrected chi connectivity index (χ4v) is 5.89. The number of carbonyl (C=O) groups excluding carboxylic acids is 4. The average molecular weight is 607 g/mol. The number of likely N-dealkylation sites (tertiary alicyclic amines) is 1. The highest BCUT2D eigenvalue weighted by molar-refractivity contribution is 5.96. The molecule has 2 aliphatic rings. The molecule has 1 aromatic heterocycles. The molecule has 5 atom stereocenters. The second-order valence-electron chi connectivity index (χ2n) is 12.8. The first-order valence-corrected chi connectivity index (χ1v) is 13.8. The van der Waals surface area contributed by atoms with E-state index < -0.39 is 53.3 Å². The summed E-state index contributed by atoms with van der Waals surface area (Å²) in [4.78, 5) is 53.3. The van der Waals surface area contributed by atoms with Crippen LogP contribution in [0.2, 0.25) is 0 Å². The zero-order valence-corrected chi connectivity index (χ0v) is 24.9. The number of fused-ring (bicyclic) bond motifs is 1. The van der Waals surface area contributed by atoms with Crippen LogP contribution in [0.5, 0.6) is 5.88 Å². The Kier molecular flexibility index (Phi) is 8.28. The SMILES string of the molecule is Cn1cc(C(NC(=O)[C@@H]2[C@@H]3[C@H](CN2C(=O)[C@@H](NC(=O)C(F)(F)F)C(C)(C)C)C3(C)C)C(N)=O)c(OCc2ccccc2)n1. The molecule has 4 amide bonds.